The third kappa shape index (κ3) is 1.91. The molecular weight excluding hydrogens is 312 g/mol. The fourth-order valence-electron chi connectivity index (χ4n) is 1.78. The quantitative estimate of drug-likeness (QED) is 0.785. The standard InChI is InChI=1S/C12H11BrN4S/c1-17(2)12-16-10(6-18-12)9-5-15-11-8(9)3-7(13)4-14-11/h3-6H,1-2H3,(H,14,15). The lowest BCUT2D eigenvalue weighted by Crippen LogP contribution is -2.07. The molecule has 92 valence electrons. The maximum Gasteiger partial charge on any atom is 0.185 e. The highest BCUT2D eigenvalue weighted by molar-refractivity contribution is 9.10. The fourth-order valence-corrected chi connectivity index (χ4v) is 2.87. The number of aromatic amines is 1. The summed E-state index contributed by atoms with van der Waals surface area (Å²) in [4.78, 5) is 14.1. The molecule has 4 nitrogen and oxygen atoms in total. The van der Waals surface area contributed by atoms with Crippen LogP contribution < -0.4 is 4.90 Å². The lowest BCUT2D eigenvalue weighted by atomic mass is 10.2. The van der Waals surface area contributed by atoms with Gasteiger partial charge in [0.15, 0.2) is 5.13 Å². The van der Waals surface area contributed by atoms with Gasteiger partial charge < -0.3 is 9.88 Å². The Balaban J connectivity index is 2.15. The molecule has 0 aromatic carbocycles. The number of rotatable bonds is 2. The number of thiazole rings is 1. The Kier molecular flexibility index (Phi) is 2.83. The van der Waals surface area contributed by atoms with E-state index in [9.17, 15) is 0 Å². The minimum atomic E-state index is 0.882. The minimum Gasteiger partial charge on any atom is -0.354 e. The van der Waals surface area contributed by atoms with Crippen molar-refractivity contribution in [2.45, 2.75) is 0 Å². The van der Waals surface area contributed by atoms with Crippen LogP contribution in [0.2, 0.25) is 0 Å². The number of nitrogens with zero attached hydrogens (tertiary/aromatic N) is 3. The van der Waals surface area contributed by atoms with Crippen molar-refractivity contribution in [2.24, 2.45) is 0 Å². The second kappa shape index (κ2) is 4.37. The van der Waals surface area contributed by atoms with Crippen LogP contribution in [-0.4, -0.2) is 29.0 Å². The molecule has 0 aliphatic carbocycles. The van der Waals surface area contributed by atoms with Gasteiger partial charge in [0.2, 0.25) is 0 Å². The van der Waals surface area contributed by atoms with E-state index in [0.29, 0.717) is 0 Å². The van der Waals surface area contributed by atoms with Gasteiger partial charge in [-0.15, -0.1) is 11.3 Å². The first-order valence-electron chi connectivity index (χ1n) is 5.41. The van der Waals surface area contributed by atoms with E-state index in [-0.39, 0.29) is 0 Å². The van der Waals surface area contributed by atoms with E-state index in [0.717, 1.165) is 31.9 Å². The topological polar surface area (TPSA) is 44.8 Å². The maximum atomic E-state index is 4.61. The van der Waals surface area contributed by atoms with Crippen LogP contribution in [0.4, 0.5) is 5.13 Å². The smallest absolute Gasteiger partial charge is 0.185 e. The van der Waals surface area contributed by atoms with Crippen molar-refractivity contribution in [3.63, 3.8) is 0 Å². The number of fused-ring (bicyclic) bond motifs is 1. The zero-order valence-electron chi connectivity index (χ0n) is 9.94. The predicted molar refractivity (Wildman–Crippen MR) is 79.2 cm³/mol. The van der Waals surface area contributed by atoms with Crippen LogP contribution in [0.5, 0.6) is 0 Å². The van der Waals surface area contributed by atoms with Crippen molar-refractivity contribution in [2.75, 3.05) is 19.0 Å². The number of H-pyrrole nitrogens is 1. The summed E-state index contributed by atoms with van der Waals surface area (Å²) in [6, 6.07) is 2.06. The van der Waals surface area contributed by atoms with Crippen LogP contribution in [0.3, 0.4) is 0 Å². The highest BCUT2D eigenvalue weighted by Gasteiger charge is 2.11. The summed E-state index contributed by atoms with van der Waals surface area (Å²) in [5, 5.41) is 4.15. The van der Waals surface area contributed by atoms with E-state index < -0.39 is 0 Å². The third-order valence-electron chi connectivity index (χ3n) is 2.65. The summed E-state index contributed by atoms with van der Waals surface area (Å²) in [6.07, 6.45) is 3.74. The molecule has 3 heterocycles. The van der Waals surface area contributed by atoms with Gasteiger partial charge in [-0.1, -0.05) is 0 Å². The zero-order chi connectivity index (χ0) is 12.7. The van der Waals surface area contributed by atoms with Gasteiger partial charge in [-0.2, -0.15) is 0 Å². The van der Waals surface area contributed by atoms with E-state index in [1.54, 1.807) is 17.5 Å². The molecular formula is C12H11BrN4S. The number of anilines is 1. The molecule has 0 aliphatic rings. The monoisotopic (exact) mass is 322 g/mol. The highest BCUT2D eigenvalue weighted by Crippen LogP contribution is 2.32. The van der Waals surface area contributed by atoms with Crippen molar-refractivity contribution in [1.82, 2.24) is 15.0 Å². The zero-order valence-corrected chi connectivity index (χ0v) is 12.3. The fraction of sp³-hybridized carbons (Fsp3) is 0.167. The van der Waals surface area contributed by atoms with Gasteiger partial charge in [-0.3, -0.25) is 0 Å². The van der Waals surface area contributed by atoms with Gasteiger partial charge in [0.05, 0.1) is 5.69 Å². The molecule has 0 spiro atoms. The highest BCUT2D eigenvalue weighted by atomic mass is 79.9. The summed E-state index contributed by atoms with van der Waals surface area (Å²) in [5.41, 5.74) is 2.95. The van der Waals surface area contributed by atoms with Crippen molar-refractivity contribution >= 4 is 43.4 Å². The van der Waals surface area contributed by atoms with E-state index in [1.165, 1.54) is 0 Å². The first-order chi connectivity index (χ1) is 8.65. The molecule has 3 aromatic rings. The van der Waals surface area contributed by atoms with Gasteiger partial charge in [-0.25, -0.2) is 9.97 Å². The Morgan fingerprint density at radius 2 is 2.22 bits per heavy atom. The Bertz CT molecular complexity index is 701. The molecule has 18 heavy (non-hydrogen) atoms. The number of aromatic nitrogens is 3. The summed E-state index contributed by atoms with van der Waals surface area (Å²) >= 11 is 5.09. The van der Waals surface area contributed by atoms with Crippen LogP contribution in [0.1, 0.15) is 0 Å². The molecule has 0 saturated heterocycles. The summed E-state index contributed by atoms with van der Waals surface area (Å²) < 4.78 is 0.971. The molecule has 3 aromatic heterocycles. The molecule has 1 N–H and O–H groups in total. The van der Waals surface area contributed by atoms with Crippen LogP contribution in [0, 0.1) is 0 Å². The minimum absolute atomic E-state index is 0.882. The summed E-state index contributed by atoms with van der Waals surface area (Å²) in [7, 11) is 3.99. The second-order valence-electron chi connectivity index (χ2n) is 4.16. The maximum absolute atomic E-state index is 4.61. The van der Waals surface area contributed by atoms with E-state index >= 15 is 0 Å². The van der Waals surface area contributed by atoms with E-state index in [1.807, 2.05) is 25.2 Å². The average molecular weight is 323 g/mol. The van der Waals surface area contributed by atoms with Crippen LogP contribution in [-0.2, 0) is 0 Å². The number of halogens is 1. The molecule has 3 rings (SSSR count). The first-order valence-corrected chi connectivity index (χ1v) is 7.08. The second-order valence-corrected chi connectivity index (χ2v) is 5.91. The molecule has 0 aliphatic heterocycles. The Labute approximate surface area is 117 Å². The summed E-state index contributed by atoms with van der Waals surface area (Å²) in [5.74, 6) is 0. The Morgan fingerprint density at radius 1 is 1.39 bits per heavy atom. The van der Waals surface area contributed by atoms with Gasteiger partial charge in [0.25, 0.3) is 0 Å². The average Bonchev–Trinajstić information content (AvgIpc) is 2.93. The predicted octanol–water partition coefficient (Wildman–Crippen LogP) is 3.51. The number of hydrogen-bond acceptors (Lipinski definition) is 4. The molecule has 0 amide bonds. The molecule has 0 saturated carbocycles. The molecule has 6 heteroatoms. The van der Waals surface area contributed by atoms with Crippen LogP contribution in [0.25, 0.3) is 22.3 Å². The molecule has 0 atom stereocenters. The number of pyridine rings is 1. The number of nitrogens with one attached hydrogen (secondary N) is 1. The normalized spacial score (nSPS) is 11.1. The largest absolute Gasteiger partial charge is 0.354 e. The molecule has 0 bridgehead atoms. The van der Waals surface area contributed by atoms with Crippen molar-refractivity contribution in [3.05, 3.63) is 28.3 Å². The summed E-state index contributed by atoms with van der Waals surface area (Å²) in [6.45, 7) is 0. The van der Waals surface area contributed by atoms with Gasteiger partial charge in [0, 0.05) is 47.3 Å². The van der Waals surface area contributed by atoms with Crippen molar-refractivity contribution < 1.29 is 0 Å². The molecule has 0 radical (unpaired) electrons. The van der Waals surface area contributed by atoms with Gasteiger partial charge in [-0.05, 0) is 22.0 Å². The first kappa shape index (κ1) is 11.7. The SMILES string of the molecule is CN(C)c1nc(-c2c[nH]c3ncc(Br)cc23)cs1. The van der Waals surface area contributed by atoms with Crippen LogP contribution in [0.15, 0.2) is 28.3 Å². The van der Waals surface area contributed by atoms with Crippen molar-refractivity contribution in [1.29, 1.82) is 0 Å². The lowest BCUT2D eigenvalue weighted by Gasteiger charge is -2.05. The Hall–Kier alpha value is -1.40. The lowest BCUT2D eigenvalue weighted by molar-refractivity contribution is 1.11. The Morgan fingerprint density at radius 3 is 2.94 bits per heavy atom. The molecule has 0 fully saturated rings. The van der Waals surface area contributed by atoms with Gasteiger partial charge >= 0.3 is 0 Å². The van der Waals surface area contributed by atoms with E-state index in [4.69, 9.17) is 0 Å². The van der Waals surface area contributed by atoms with Gasteiger partial charge in [0.1, 0.15) is 5.65 Å². The third-order valence-corrected chi connectivity index (χ3v) is 4.09. The van der Waals surface area contributed by atoms with Crippen molar-refractivity contribution in [3.8, 4) is 11.3 Å². The molecule has 0 unspecified atom stereocenters. The number of hydrogen-bond donors (Lipinski definition) is 1. The van der Waals surface area contributed by atoms with Crippen LogP contribution >= 0.6 is 27.3 Å². The van der Waals surface area contributed by atoms with E-state index in [2.05, 4.69) is 42.3 Å².